The Bertz CT molecular complexity index is 1510. The molecule has 0 unspecified atom stereocenters. The standard InChI is InChI=1S/C27H19N3O6/c1-16-14-21(29-36-16)25(31)28-19-12-13-20-22(15-19)30(34)26(32)23(20)24(17-8-4-2-5-9-17)35-27(33)18-10-6-3-7-11-18/h2-15,34H,1H3,(H,28,31)/b24-23-. The van der Waals surface area contributed by atoms with Crippen LogP contribution in [0.15, 0.2) is 89.5 Å². The number of rotatable bonds is 5. The quantitative estimate of drug-likeness (QED) is 0.183. The molecule has 2 N–H and O–H groups in total. The van der Waals surface area contributed by atoms with Crippen LogP contribution in [-0.2, 0) is 9.53 Å². The van der Waals surface area contributed by atoms with Crippen LogP contribution < -0.4 is 10.4 Å². The van der Waals surface area contributed by atoms with Gasteiger partial charge in [0.15, 0.2) is 11.5 Å². The first-order valence-electron chi connectivity index (χ1n) is 10.9. The molecule has 2 amide bonds. The van der Waals surface area contributed by atoms with Crippen molar-refractivity contribution in [1.29, 1.82) is 0 Å². The van der Waals surface area contributed by atoms with E-state index in [-0.39, 0.29) is 22.7 Å². The van der Waals surface area contributed by atoms with Gasteiger partial charge in [-0.2, -0.15) is 5.06 Å². The zero-order chi connectivity index (χ0) is 25.2. The van der Waals surface area contributed by atoms with Gasteiger partial charge in [0.25, 0.3) is 11.8 Å². The molecule has 0 fully saturated rings. The number of hydrogen-bond acceptors (Lipinski definition) is 7. The summed E-state index contributed by atoms with van der Waals surface area (Å²) in [6.45, 7) is 1.66. The van der Waals surface area contributed by atoms with Crippen LogP contribution in [-0.4, -0.2) is 28.1 Å². The van der Waals surface area contributed by atoms with Crippen LogP contribution in [0.25, 0.3) is 11.3 Å². The third-order valence-corrected chi connectivity index (χ3v) is 5.49. The van der Waals surface area contributed by atoms with E-state index in [9.17, 15) is 19.6 Å². The summed E-state index contributed by atoms with van der Waals surface area (Å²) < 4.78 is 10.7. The summed E-state index contributed by atoms with van der Waals surface area (Å²) in [4.78, 5) is 38.5. The summed E-state index contributed by atoms with van der Waals surface area (Å²) in [7, 11) is 0. The number of nitrogens with zero attached hydrogens (tertiary/aromatic N) is 2. The normalized spacial score (nSPS) is 13.8. The molecular weight excluding hydrogens is 462 g/mol. The van der Waals surface area contributed by atoms with Crippen LogP contribution in [0.2, 0.25) is 0 Å². The molecule has 2 heterocycles. The number of carbonyl (C=O) groups is 3. The van der Waals surface area contributed by atoms with Gasteiger partial charge in [-0.3, -0.25) is 14.8 Å². The highest BCUT2D eigenvalue weighted by Gasteiger charge is 2.36. The lowest BCUT2D eigenvalue weighted by molar-refractivity contribution is -0.117. The van der Waals surface area contributed by atoms with Crippen molar-refractivity contribution in [1.82, 2.24) is 5.16 Å². The third-order valence-electron chi connectivity index (χ3n) is 5.49. The van der Waals surface area contributed by atoms with Crippen molar-refractivity contribution in [2.24, 2.45) is 0 Å². The second kappa shape index (κ2) is 9.32. The third kappa shape index (κ3) is 4.26. The predicted octanol–water partition coefficient (Wildman–Crippen LogP) is 4.70. The lowest BCUT2D eigenvalue weighted by Crippen LogP contribution is -2.22. The van der Waals surface area contributed by atoms with Gasteiger partial charge in [-0.1, -0.05) is 53.7 Å². The minimum Gasteiger partial charge on any atom is -0.421 e. The van der Waals surface area contributed by atoms with E-state index in [0.717, 1.165) is 0 Å². The average Bonchev–Trinajstić information content (AvgIpc) is 3.45. The minimum atomic E-state index is -0.777. The van der Waals surface area contributed by atoms with E-state index in [2.05, 4.69) is 10.5 Å². The number of esters is 1. The molecule has 0 bridgehead atoms. The van der Waals surface area contributed by atoms with Crippen molar-refractivity contribution in [2.75, 3.05) is 10.4 Å². The number of hydroxylamine groups is 1. The number of ether oxygens (including phenoxy) is 1. The average molecular weight is 481 g/mol. The van der Waals surface area contributed by atoms with Crippen LogP contribution in [0, 0.1) is 6.92 Å². The van der Waals surface area contributed by atoms with E-state index >= 15 is 0 Å². The highest BCUT2D eigenvalue weighted by atomic mass is 16.5. The van der Waals surface area contributed by atoms with Crippen LogP contribution in [0.3, 0.4) is 0 Å². The summed E-state index contributed by atoms with van der Waals surface area (Å²) in [6, 6.07) is 23.1. The fourth-order valence-corrected chi connectivity index (χ4v) is 3.78. The first-order valence-corrected chi connectivity index (χ1v) is 10.9. The molecule has 9 heteroatoms. The van der Waals surface area contributed by atoms with Gasteiger partial charge in [0.05, 0.1) is 16.8 Å². The Hall–Kier alpha value is -5.02. The molecule has 9 nitrogen and oxygen atoms in total. The zero-order valence-electron chi connectivity index (χ0n) is 19.0. The van der Waals surface area contributed by atoms with Gasteiger partial charge in [-0.15, -0.1) is 0 Å². The van der Waals surface area contributed by atoms with Gasteiger partial charge in [0, 0.05) is 22.9 Å². The van der Waals surface area contributed by atoms with E-state index in [0.29, 0.717) is 33.2 Å². The molecule has 5 rings (SSSR count). The van der Waals surface area contributed by atoms with E-state index in [1.54, 1.807) is 79.7 Å². The molecule has 4 aromatic rings. The van der Waals surface area contributed by atoms with Gasteiger partial charge in [-0.05, 0) is 37.3 Å². The van der Waals surface area contributed by atoms with Gasteiger partial charge < -0.3 is 14.6 Å². The number of nitrogens with one attached hydrogen (secondary N) is 1. The predicted molar refractivity (Wildman–Crippen MR) is 130 cm³/mol. The SMILES string of the molecule is Cc1cc(C(=O)Nc2ccc3c(c2)N(O)C(=O)/C3=C(\OC(=O)c2ccccc2)c2ccccc2)no1. The van der Waals surface area contributed by atoms with Crippen molar-refractivity contribution in [2.45, 2.75) is 6.92 Å². The Morgan fingerprint density at radius 1 is 0.944 bits per heavy atom. The molecule has 178 valence electrons. The maximum atomic E-state index is 13.2. The molecule has 0 spiro atoms. The molecule has 0 radical (unpaired) electrons. The maximum Gasteiger partial charge on any atom is 0.343 e. The van der Waals surface area contributed by atoms with E-state index in [1.165, 1.54) is 12.1 Å². The number of amides is 2. The number of fused-ring (bicyclic) bond motifs is 1. The first kappa shape index (κ1) is 22.8. The second-order valence-electron chi connectivity index (χ2n) is 7.95. The Balaban J connectivity index is 1.55. The number of carbonyl (C=O) groups excluding carboxylic acids is 3. The summed E-state index contributed by atoms with van der Waals surface area (Å²) in [5, 5.41) is 17.4. The smallest absolute Gasteiger partial charge is 0.343 e. The number of anilines is 2. The zero-order valence-corrected chi connectivity index (χ0v) is 19.0. The van der Waals surface area contributed by atoms with Crippen molar-refractivity contribution < 1.29 is 28.9 Å². The van der Waals surface area contributed by atoms with Gasteiger partial charge in [0.2, 0.25) is 0 Å². The second-order valence-corrected chi connectivity index (χ2v) is 7.95. The molecule has 0 atom stereocenters. The molecule has 0 aliphatic carbocycles. The molecule has 1 aliphatic heterocycles. The fraction of sp³-hybridized carbons (Fsp3) is 0.0370. The first-order chi connectivity index (χ1) is 17.4. The van der Waals surface area contributed by atoms with Crippen molar-refractivity contribution in [3.8, 4) is 0 Å². The Morgan fingerprint density at radius 2 is 1.61 bits per heavy atom. The van der Waals surface area contributed by atoms with Crippen LogP contribution in [0.1, 0.15) is 37.7 Å². The summed E-state index contributed by atoms with van der Waals surface area (Å²) >= 11 is 0. The van der Waals surface area contributed by atoms with E-state index in [4.69, 9.17) is 9.26 Å². The fourth-order valence-electron chi connectivity index (χ4n) is 3.78. The maximum absolute atomic E-state index is 13.2. The Morgan fingerprint density at radius 3 is 2.25 bits per heavy atom. The molecule has 1 aromatic heterocycles. The van der Waals surface area contributed by atoms with Crippen molar-refractivity contribution in [3.63, 3.8) is 0 Å². The monoisotopic (exact) mass is 481 g/mol. The summed E-state index contributed by atoms with van der Waals surface area (Å²) in [6.07, 6.45) is 0. The Labute approximate surface area is 205 Å². The van der Waals surface area contributed by atoms with Crippen molar-refractivity contribution >= 4 is 40.5 Å². The van der Waals surface area contributed by atoms with Crippen LogP contribution >= 0.6 is 0 Å². The van der Waals surface area contributed by atoms with Crippen molar-refractivity contribution in [3.05, 3.63) is 113 Å². The van der Waals surface area contributed by atoms with Crippen LogP contribution in [0.4, 0.5) is 11.4 Å². The number of aromatic nitrogens is 1. The molecule has 0 saturated carbocycles. The van der Waals surface area contributed by atoms with Gasteiger partial charge in [0.1, 0.15) is 5.76 Å². The highest BCUT2D eigenvalue weighted by Crippen LogP contribution is 2.42. The summed E-state index contributed by atoms with van der Waals surface area (Å²) in [5.41, 5.74) is 1.64. The number of benzene rings is 3. The van der Waals surface area contributed by atoms with Crippen LogP contribution in [0.5, 0.6) is 0 Å². The van der Waals surface area contributed by atoms with E-state index in [1.807, 2.05) is 0 Å². The Kier molecular flexibility index (Phi) is 5.89. The lowest BCUT2D eigenvalue weighted by atomic mass is 10.0. The summed E-state index contributed by atoms with van der Waals surface area (Å²) in [5.74, 6) is -1.46. The van der Waals surface area contributed by atoms with E-state index < -0.39 is 17.8 Å². The van der Waals surface area contributed by atoms with Gasteiger partial charge in [-0.25, -0.2) is 4.79 Å². The molecular formula is C27H19N3O6. The molecule has 3 aromatic carbocycles. The minimum absolute atomic E-state index is 0.00195. The highest BCUT2D eigenvalue weighted by molar-refractivity contribution is 6.36. The largest absolute Gasteiger partial charge is 0.421 e. The number of hydrogen-bond donors (Lipinski definition) is 2. The lowest BCUT2D eigenvalue weighted by Gasteiger charge is -2.12. The topological polar surface area (TPSA) is 122 Å². The molecule has 36 heavy (non-hydrogen) atoms. The molecule has 0 saturated heterocycles. The number of aryl methyl sites for hydroxylation is 1. The molecule has 1 aliphatic rings. The van der Waals surface area contributed by atoms with Gasteiger partial charge >= 0.3 is 5.97 Å².